The number of hydrogen-bond donors (Lipinski definition) is 1. The van der Waals surface area contributed by atoms with E-state index in [0.717, 1.165) is 4.47 Å². The van der Waals surface area contributed by atoms with E-state index in [1.807, 2.05) is 13.1 Å². The van der Waals surface area contributed by atoms with Crippen LogP contribution in [0.1, 0.15) is 37.1 Å². The first kappa shape index (κ1) is 14.8. The number of nitrogens with zero attached hydrogens (tertiary/aromatic N) is 2. The van der Waals surface area contributed by atoms with Crippen molar-refractivity contribution in [3.8, 4) is 0 Å². The van der Waals surface area contributed by atoms with Crippen molar-refractivity contribution in [2.75, 3.05) is 0 Å². The van der Waals surface area contributed by atoms with Gasteiger partial charge in [-0.15, -0.1) is 0 Å². The molecule has 2 rings (SSSR count). The molecular weight excluding hydrogens is 322 g/mol. The molecule has 2 aromatic heterocycles. The van der Waals surface area contributed by atoms with Crippen LogP contribution in [0.25, 0.3) is 0 Å². The summed E-state index contributed by atoms with van der Waals surface area (Å²) in [7, 11) is 0. The normalized spacial score (nSPS) is 12.7. The highest BCUT2D eigenvalue weighted by atomic mass is 79.9. The van der Waals surface area contributed by atoms with Crippen LogP contribution < -0.4 is 5.32 Å². The fourth-order valence-corrected chi connectivity index (χ4v) is 1.94. The van der Waals surface area contributed by atoms with Crippen molar-refractivity contribution in [1.82, 2.24) is 15.1 Å². The molecule has 0 saturated heterocycles. The third kappa shape index (κ3) is 3.72. The maximum Gasteiger partial charge on any atom is 0.287 e. The second-order valence-electron chi connectivity index (χ2n) is 5.13. The first-order chi connectivity index (χ1) is 9.45. The number of rotatable bonds is 5. The number of aromatic nitrogens is 2. The van der Waals surface area contributed by atoms with Crippen LogP contribution in [0.4, 0.5) is 0 Å². The summed E-state index contributed by atoms with van der Waals surface area (Å²) >= 11 is 3.34. The molecule has 2 aromatic rings. The number of nitrogens with one attached hydrogen (secondary N) is 1. The van der Waals surface area contributed by atoms with Crippen LogP contribution in [0.5, 0.6) is 0 Å². The Morgan fingerprint density at radius 2 is 2.20 bits per heavy atom. The molecule has 0 aliphatic carbocycles. The third-order valence-electron chi connectivity index (χ3n) is 3.16. The molecular formula is C14H18BrN3O2. The van der Waals surface area contributed by atoms with Crippen molar-refractivity contribution in [3.63, 3.8) is 0 Å². The van der Waals surface area contributed by atoms with Gasteiger partial charge >= 0.3 is 0 Å². The quantitative estimate of drug-likeness (QED) is 0.910. The van der Waals surface area contributed by atoms with Gasteiger partial charge in [-0.05, 0) is 40.9 Å². The van der Waals surface area contributed by atoms with Gasteiger partial charge in [0.2, 0.25) is 0 Å². The van der Waals surface area contributed by atoms with Crippen molar-refractivity contribution in [2.24, 2.45) is 5.92 Å². The molecule has 108 valence electrons. The molecule has 1 atom stereocenters. The predicted molar refractivity (Wildman–Crippen MR) is 79.5 cm³/mol. The highest BCUT2D eigenvalue weighted by molar-refractivity contribution is 9.10. The molecule has 1 amide bonds. The van der Waals surface area contributed by atoms with Gasteiger partial charge in [0.15, 0.2) is 5.76 Å². The molecule has 0 fully saturated rings. The van der Waals surface area contributed by atoms with Crippen LogP contribution in [0.2, 0.25) is 0 Å². The van der Waals surface area contributed by atoms with Gasteiger partial charge in [-0.25, -0.2) is 0 Å². The molecule has 0 aliphatic rings. The third-order valence-corrected chi connectivity index (χ3v) is 3.57. The number of amides is 1. The second kappa shape index (κ2) is 6.26. The molecule has 6 heteroatoms. The Morgan fingerprint density at radius 3 is 2.80 bits per heavy atom. The summed E-state index contributed by atoms with van der Waals surface area (Å²) in [6.07, 6.45) is 3.56. The Hall–Kier alpha value is -1.56. The van der Waals surface area contributed by atoms with E-state index in [-0.39, 0.29) is 11.9 Å². The van der Waals surface area contributed by atoms with E-state index < -0.39 is 0 Å². The number of halogens is 1. The van der Waals surface area contributed by atoms with Crippen molar-refractivity contribution >= 4 is 21.8 Å². The van der Waals surface area contributed by atoms with Gasteiger partial charge in [-0.1, -0.05) is 13.8 Å². The first-order valence-corrected chi connectivity index (χ1v) is 7.32. The molecule has 0 aromatic carbocycles. The summed E-state index contributed by atoms with van der Waals surface area (Å²) < 4.78 is 8.20. The zero-order chi connectivity index (χ0) is 14.7. The minimum absolute atomic E-state index is 0.109. The van der Waals surface area contributed by atoms with Gasteiger partial charge in [0, 0.05) is 12.2 Å². The van der Waals surface area contributed by atoms with Gasteiger partial charge in [0.1, 0.15) is 5.76 Å². The summed E-state index contributed by atoms with van der Waals surface area (Å²) in [6, 6.07) is 3.60. The van der Waals surface area contributed by atoms with E-state index in [2.05, 4.69) is 40.2 Å². The van der Waals surface area contributed by atoms with Crippen molar-refractivity contribution in [1.29, 1.82) is 0 Å². The van der Waals surface area contributed by atoms with E-state index in [4.69, 9.17) is 4.42 Å². The van der Waals surface area contributed by atoms with Gasteiger partial charge < -0.3 is 9.73 Å². The fraction of sp³-hybridized carbons (Fsp3) is 0.429. The van der Waals surface area contributed by atoms with Crippen LogP contribution >= 0.6 is 15.9 Å². The van der Waals surface area contributed by atoms with Gasteiger partial charge in [0.25, 0.3) is 5.91 Å². The number of carbonyl (C=O) groups is 1. The van der Waals surface area contributed by atoms with Crippen LogP contribution in [0, 0.1) is 5.92 Å². The molecule has 1 N–H and O–H groups in total. The lowest BCUT2D eigenvalue weighted by atomic mass is 10.1. The van der Waals surface area contributed by atoms with E-state index in [0.29, 0.717) is 24.0 Å². The summed E-state index contributed by atoms with van der Waals surface area (Å²) in [5.74, 6) is 1.23. The monoisotopic (exact) mass is 339 g/mol. The fourth-order valence-electron chi connectivity index (χ4n) is 1.61. The van der Waals surface area contributed by atoms with Crippen LogP contribution in [-0.4, -0.2) is 21.7 Å². The van der Waals surface area contributed by atoms with E-state index in [9.17, 15) is 4.79 Å². The maximum absolute atomic E-state index is 12.0. The van der Waals surface area contributed by atoms with E-state index in [1.54, 1.807) is 23.0 Å². The smallest absolute Gasteiger partial charge is 0.287 e. The maximum atomic E-state index is 12.0. The zero-order valence-corrected chi connectivity index (χ0v) is 13.3. The van der Waals surface area contributed by atoms with E-state index >= 15 is 0 Å². The van der Waals surface area contributed by atoms with Gasteiger partial charge in [-0.3, -0.25) is 9.48 Å². The number of hydrogen-bond acceptors (Lipinski definition) is 3. The topological polar surface area (TPSA) is 60.1 Å². The van der Waals surface area contributed by atoms with Crippen LogP contribution in [0.15, 0.2) is 33.4 Å². The number of furan rings is 1. The van der Waals surface area contributed by atoms with Crippen LogP contribution in [0.3, 0.4) is 0 Å². The van der Waals surface area contributed by atoms with Gasteiger partial charge in [0.05, 0.1) is 17.2 Å². The molecule has 0 bridgehead atoms. The Balaban J connectivity index is 1.99. The highest BCUT2D eigenvalue weighted by Crippen LogP contribution is 2.12. The molecule has 0 spiro atoms. The summed E-state index contributed by atoms with van der Waals surface area (Å²) in [5.41, 5.74) is 0. The second-order valence-corrected chi connectivity index (χ2v) is 6.04. The average Bonchev–Trinajstić information content (AvgIpc) is 2.99. The average molecular weight is 340 g/mol. The van der Waals surface area contributed by atoms with Crippen molar-refractivity contribution in [3.05, 3.63) is 40.5 Å². The predicted octanol–water partition coefficient (Wildman–Crippen LogP) is 3.06. The lowest BCUT2D eigenvalue weighted by Crippen LogP contribution is -2.35. The largest absolute Gasteiger partial charge is 0.454 e. The molecule has 5 nitrogen and oxygen atoms in total. The highest BCUT2D eigenvalue weighted by Gasteiger charge is 2.15. The Bertz CT molecular complexity index is 589. The van der Waals surface area contributed by atoms with E-state index in [1.165, 1.54) is 0 Å². The Kier molecular flexibility index (Phi) is 4.65. The van der Waals surface area contributed by atoms with Crippen molar-refractivity contribution < 1.29 is 9.21 Å². The van der Waals surface area contributed by atoms with Crippen LogP contribution in [-0.2, 0) is 6.54 Å². The molecule has 0 aliphatic heterocycles. The lowest BCUT2D eigenvalue weighted by molar-refractivity contribution is 0.0900. The molecule has 0 radical (unpaired) electrons. The Morgan fingerprint density at radius 1 is 1.45 bits per heavy atom. The molecule has 2 heterocycles. The first-order valence-electron chi connectivity index (χ1n) is 6.53. The summed E-state index contributed by atoms with van der Waals surface area (Å²) in [5, 5.41) is 7.06. The van der Waals surface area contributed by atoms with Gasteiger partial charge in [-0.2, -0.15) is 5.10 Å². The zero-order valence-electron chi connectivity index (χ0n) is 11.8. The standard InChI is InChI=1S/C14H18BrN3O2/c1-9(2)10(3)17-14(19)13-5-4-12(20-13)8-18-7-11(15)6-16-18/h4-7,9-10H,8H2,1-3H3,(H,17,19)/t10-/m0/s1. The minimum Gasteiger partial charge on any atom is -0.454 e. The SMILES string of the molecule is CC(C)[C@H](C)NC(=O)c1ccc(Cn2cc(Br)cn2)o1. The molecule has 0 unspecified atom stereocenters. The minimum atomic E-state index is -0.181. The molecule has 0 saturated carbocycles. The van der Waals surface area contributed by atoms with Crippen molar-refractivity contribution in [2.45, 2.75) is 33.4 Å². The summed E-state index contributed by atoms with van der Waals surface area (Å²) in [4.78, 5) is 12.0. The number of carbonyl (C=O) groups excluding carboxylic acids is 1. The summed E-state index contributed by atoms with van der Waals surface area (Å²) in [6.45, 7) is 6.61. The Labute approximate surface area is 126 Å². The lowest BCUT2D eigenvalue weighted by Gasteiger charge is -2.16. The molecule has 20 heavy (non-hydrogen) atoms.